The van der Waals surface area contributed by atoms with E-state index in [1.165, 1.54) is 5.56 Å². The lowest BCUT2D eigenvalue weighted by molar-refractivity contribution is -0.114. The maximum absolute atomic E-state index is 12.3. The molecule has 3 rings (SSSR count). The second-order valence-corrected chi connectivity index (χ2v) is 5.55. The molecule has 0 bridgehead atoms. The highest BCUT2D eigenvalue weighted by atomic mass is 35.5. The monoisotopic (exact) mass is 297 g/mol. The number of anilines is 1. The number of carbonyl (C=O) groups excluding carboxylic acids is 1. The van der Waals surface area contributed by atoms with E-state index >= 15 is 0 Å². The van der Waals surface area contributed by atoms with Crippen molar-refractivity contribution in [1.29, 1.82) is 0 Å². The second kappa shape index (κ2) is 5.74. The van der Waals surface area contributed by atoms with Gasteiger partial charge in [0, 0.05) is 23.2 Å². The minimum atomic E-state index is 0.0134. The maximum atomic E-state index is 12.3. The molecule has 1 heterocycles. The molecular formula is C18H16ClNO. The molecule has 0 aliphatic carbocycles. The summed E-state index contributed by atoms with van der Waals surface area (Å²) in [5.41, 5.74) is 3.28. The molecule has 2 aromatic rings. The largest absolute Gasteiger partial charge is 0.308 e. The molecule has 0 radical (unpaired) electrons. The lowest BCUT2D eigenvalue weighted by atomic mass is 9.93. The summed E-state index contributed by atoms with van der Waals surface area (Å²) >= 11 is 6.15. The van der Waals surface area contributed by atoms with Crippen LogP contribution in [-0.4, -0.2) is 12.5 Å². The Balaban J connectivity index is 2.06. The zero-order valence-electron chi connectivity index (χ0n) is 11.8. The minimum Gasteiger partial charge on any atom is -0.308 e. The molecule has 1 aliphatic rings. The molecule has 3 heteroatoms. The van der Waals surface area contributed by atoms with Crippen molar-refractivity contribution in [1.82, 2.24) is 0 Å². The van der Waals surface area contributed by atoms with Gasteiger partial charge in [-0.1, -0.05) is 48.0 Å². The van der Waals surface area contributed by atoms with Gasteiger partial charge in [0.1, 0.15) is 0 Å². The van der Waals surface area contributed by atoms with Crippen LogP contribution in [0.25, 0.3) is 0 Å². The molecule has 0 spiro atoms. The molecule has 2 nitrogen and oxygen atoms in total. The number of rotatable bonds is 2. The van der Waals surface area contributed by atoms with Crippen LogP contribution < -0.4 is 4.90 Å². The Morgan fingerprint density at radius 2 is 2.00 bits per heavy atom. The first-order valence-electron chi connectivity index (χ1n) is 6.99. The predicted octanol–water partition coefficient (Wildman–Crippen LogP) is 4.39. The van der Waals surface area contributed by atoms with Gasteiger partial charge in [-0.3, -0.25) is 4.79 Å². The van der Waals surface area contributed by atoms with E-state index in [4.69, 9.17) is 11.6 Å². The van der Waals surface area contributed by atoms with Crippen molar-refractivity contribution in [2.75, 3.05) is 11.4 Å². The molecule has 0 N–H and O–H groups in total. The first kappa shape index (κ1) is 13.9. The molecule has 106 valence electrons. The molecular weight excluding hydrogens is 282 g/mol. The predicted molar refractivity (Wildman–Crippen MR) is 86.9 cm³/mol. The SMILES string of the molecule is CC=CC(=O)N1CC(c2ccccc2)c2cc(Cl)ccc21. The molecule has 1 unspecified atom stereocenters. The number of benzene rings is 2. The Morgan fingerprint density at radius 3 is 2.71 bits per heavy atom. The quantitative estimate of drug-likeness (QED) is 0.753. The van der Waals surface area contributed by atoms with Crippen LogP contribution in [0, 0.1) is 0 Å². The fraction of sp³-hybridized carbons (Fsp3) is 0.167. The molecule has 0 saturated heterocycles. The van der Waals surface area contributed by atoms with Crippen molar-refractivity contribution in [2.45, 2.75) is 12.8 Å². The van der Waals surface area contributed by atoms with Crippen molar-refractivity contribution >= 4 is 23.2 Å². The van der Waals surface area contributed by atoms with Crippen molar-refractivity contribution in [3.8, 4) is 0 Å². The van der Waals surface area contributed by atoms with Crippen molar-refractivity contribution in [2.24, 2.45) is 0 Å². The Bertz CT molecular complexity index is 694. The number of hydrogen-bond donors (Lipinski definition) is 0. The van der Waals surface area contributed by atoms with Gasteiger partial charge < -0.3 is 4.90 Å². The third-order valence-corrected chi connectivity index (χ3v) is 4.03. The molecule has 1 atom stereocenters. The normalized spacial score (nSPS) is 17.2. The highest BCUT2D eigenvalue weighted by Crippen LogP contribution is 2.41. The first-order chi connectivity index (χ1) is 10.2. The van der Waals surface area contributed by atoms with Gasteiger partial charge in [-0.2, -0.15) is 0 Å². The summed E-state index contributed by atoms with van der Waals surface area (Å²) in [5.74, 6) is 0.189. The Kier molecular flexibility index (Phi) is 3.80. The topological polar surface area (TPSA) is 20.3 Å². The van der Waals surface area contributed by atoms with Crippen LogP contribution in [0.1, 0.15) is 24.0 Å². The average molecular weight is 298 g/mol. The summed E-state index contributed by atoms with van der Waals surface area (Å²) in [7, 11) is 0. The Hall–Kier alpha value is -2.06. The van der Waals surface area contributed by atoms with E-state index in [-0.39, 0.29) is 11.8 Å². The van der Waals surface area contributed by atoms with Gasteiger partial charge in [0.25, 0.3) is 5.91 Å². The average Bonchev–Trinajstić information content (AvgIpc) is 2.87. The zero-order valence-corrected chi connectivity index (χ0v) is 12.5. The fourth-order valence-corrected chi connectivity index (χ4v) is 3.02. The summed E-state index contributed by atoms with van der Waals surface area (Å²) in [6, 6.07) is 16.0. The van der Waals surface area contributed by atoms with Gasteiger partial charge >= 0.3 is 0 Å². The number of halogens is 1. The van der Waals surface area contributed by atoms with E-state index in [0.29, 0.717) is 11.6 Å². The minimum absolute atomic E-state index is 0.0134. The summed E-state index contributed by atoms with van der Waals surface area (Å²) in [5, 5.41) is 0.704. The van der Waals surface area contributed by atoms with Gasteiger partial charge in [0.15, 0.2) is 0 Å². The van der Waals surface area contributed by atoms with Crippen LogP contribution in [-0.2, 0) is 4.79 Å². The zero-order chi connectivity index (χ0) is 14.8. The third-order valence-electron chi connectivity index (χ3n) is 3.80. The van der Waals surface area contributed by atoms with E-state index in [1.807, 2.05) is 48.2 Å². The molecule has 21 heavy (non-hydrogen) atoms. The van der Waals surface area contributed by atoms with Crippen molar-refractivity contribution < 1.29 is 4.79 Å². The number of nitrogens with zero attached hydrogens (tertiary/aromatic N) is 1. The Morgan fingerprint density at radius 1 is 1.24 bits per heavy atom. The number of hydrogen-bond acceptors (Lipinski definition) is 1. The van der Waals surface area contributed by atoms with Gasteiger partial charge in [-0.25, -0.2) is 0 Å². The van der Waals surface area contributed by atoms with Gasteiger partial charge in [0.05, 0.1) is 0 Å². The summed E-state index contributed by atoms with van der Waals surface area (Å²) in [6.45, 7) is 2.51. The van der Waals surface area contributed by atoms with Crippen LogP contribution in [0.3, 0.4) is 0 Å². The maximum Gasteiger partial charge on any atom is 0.250 e. The summed E-state index contributed by atoms with van der Waals surface area (Å²) < 4.78 is 0. The first-order valence-corrected chi connectivity index (χ1v) is 7.37. The van der Waals surface area contributed by atoms with Crippen LogP contribution in [0.2, 0.25) is 5.02 Å². The van der Waals surface area contributed by atoms with Gasteiger partial charge in [0.2, 0.25) is 0 Å². The highest BCUT2D eigenvalue weighted by Gasteiger charge is 2.32. The van der Waals surface area contributed by atoms with Crippen LogP contribution >= 0.6 is 11.6 Å². The molecule has 0 saturated carbocycles. The van der Waals surface area contributed by atoms with E-state index in [9.17, 15) is 4.79 Å². The number of allylic oxidation sites excluding steroid dienone is 1. The lowest BCUT2D eigenvalue weighted by Crippen LogP contribution is -2.28. The summed E-state index contributed by atoms with van der Waals surface area (Å²) in [4.78, 5) is 14.1. The van der Waals surface area contributed by atoms with Crippen LogP contribution in [0.15, 0.2) is 60.7 Å². The number of carbonyl (C=O) groups is 1. The van der Waals surface area contributed by atoms with E-state index in [0.717, 1.165) is 11.3 Å². The van der Waals surface area contributed by atoms with Crippen molar-refractivity contribution in [3.05, 3.63) is 76.8 Å². The molecule has 2 aromatic carbocycles. The molecule has 1 amide bonds. The van der Waals surface area contributed by atoms with Crippen LogP contribution in [0.4, 0.5) is 5.69 Å². The lowest BCUT2D eigenvalue weighted by Gasteiger charge is -2.15. The van der Waals surface area contributed by atoms with Gasteiger partial charge in [-0.05, 0) is 42.3 Å². The molecule has 1 aliphatic heterocycles. The van der Waals surface area contributed by atoms with Crippen molar-refractivity contribution in [3.63, 3.8) is 0 Å². The van der Waals surface area contributed by atoms with E-state index in [1.54, 1.807) is 12.2 Å². The second-order valence-electron chi connectivity index (χ2n) is 5.12. The van der Waals surface area contributed by atoms with Gasteiger partial charge in [-0.15, -0.1) is 0 Å². The Labute approximate surface area is 129 Å². The van der Waals surface area contributed by atoms with E-state index < -0.39 is 0 Å². The highest BCUT2D eigenvalue weighted by molar-refractivity contribution is 6.30. The number of fused-ring (bicyclic) bond motifs is 1. The number of amides is 1. The molecule has 0 aromatic heterocycles. The fourth-order valence-electron chi connectivity index (χ4n) is 2.84. The van der Waals surface area contributed by atoms with Crippen LogP contribution in [0.5, 0.6) is 0 Å². The van der Waals surface area contributed by atoms with E-state index in [2.05, 4.69) is 12.1 Å². The standard InChI is InChI=1S/C18H16ClNO/c1-2-6-18(21)20-12-16(13-7-4-3-5-8-13)15-11-14(19)9-10-17(15)20/h2-11,16H,12H2,1H3. The summed E-state index contributed by atoms with van der Waals surface area (Å²) in [6.07, 6.45) is 3.37. The third kappa shape index (κ3) is 2.59. The molecule has 0 fully saturated rings. The smallest absolute Gasteiger partial charge is 0.250 e.